The second-order valence-electron chi connectivity index (χ2n) is 6.18. The van der Waals surface area contributed by atoms with E-state index in [2.05, 4.69) is 47.8 Å². The molecule has 0 saturated carbocycles. The van der Waals surface area contributed by atoms with Crippen LogP contribution < -0.4 is 11.2 Å². The fraction of sp³-hybridized carbons (Fsp3) is 0.200. The topological polar surface area (TPSA) is 44.0 Å². The van der Waals surface area contributed by atoms with Crippen molar-refractivity contribution in [3.05, 3.63) is 102 Å². The van der Waals surface area contributed by atoms with Crippen LogP contribution in [0, 0.1) is 0 Å². The van der Waals surface area contributed by atoms with E-state index in [1.165, 1.54) is 10.1 Å². The van der Waals surface area contributed by atoms with Crippen molar-refractivity contribution in [3.63, 3.8) is 0 Å². The summed E-state index contributed by atoms with van der Waals surface area (Å²) in [5.41, 5.74) is 3.58. The van der Waals surface area contributed by atoms with E-state index in [1.807, 2.05) is 48.5 Å². The molecule has 0 aliphatic heterocycles. The van der Waals surface area contributed by atoms with E-state index < -0.39 is 0 Å². The Labute approximate surface area is 182 Å². The molecule has 7 heteroatoms. The monoisotopic (exact) mass is 554 g/mol. The highest BCUT2D eigenvalue weighted by atomic mass is 79.9. The van der Waals surface area contributed by atoms with Gasteiger partial charge in [-0.3, -0.25) is 13.9 Å². The van der Waals surface area contributed by atoms with E-state index in [9.17, 15) is 9.59 Å². The molecule has 0 fully saturated rings. The molecule has 0 unspecified atom stereocenters. The molecule has 140 valence electrons. The number of alkyl halides is 2. The molecule has 0 aliphatic carbocycles. The molecule has 0 N–H and O–H groups in total. The first-order chi connectivity index (χ1) is 13.0. The Morgan fingerprint density at radius 1 is 0.704 bits per heavy atom. The van der Waals surface area contributed by atoms with Gasteiger partial charge >= 0.3 is 5.69 Å². The number of benzene rings is 2. The summed E-state index contributed by atoms with van der Waals surface area (Å²) in [6.07, 6.45) is 1.56. The summed E-state index contributed by atoms with van der Waals surface area (Å²) in [5.74, 6) is 0. The highest BCUT2D eigenvalue weighted by Gasteiger charge is 2.11. The van der Waals surface area contributed by atoms with Gasteiger partial charge in [-0.1, -0.05) is 80.4 Å². The van der Waals surface area contributed by atoms with Crippen LogP contribution in [-0.4, -0.2) is 9.13 Å². The van der Waals surface area contributed by atoms with Crippen molar-refractivity contribution < 1.29 is 0 Å². The summed E-state index contributed by atoms with van der Waals surface area (Å²) >= 11 is 10.1. The van der Waals surface area contributed by atoms with Gasteiger partial charge in [0.15, 0.2) is 0 Å². The molecule has 27 heavy (non-hydrogen) atoms. The molecule has 1 heterocycles. The lowest BCUT2D eigenvalue weighted by Gasteiger charge is -2.12. The van der Waals surface area contributed by atoms with Gasteiger partial charge in [0.1, 0.15) is 0 Å². The summed E-state index contributed by atoms with van der Waals surface area (Å²) in [6.45, 7) is 0.644. The molecular formula is C20H17Br3N2O2. The molecule has 0 aliphatic rings. The minimum absolute atomic E-state index is 0.238. The van der Waals surface area contributed by atoms with E-state index in [0.29, 0.717) is 11.0 Å². The molecule has 0 spiro atoms. The normalized spacial score (nSPS) is 10.9. The van der Waals surface area contributed by atoms with Crippen molar-refractivity contribution in [3.8, 4) is 0 Å². The third-order valence-electron chi connectivity index (χ3n) is 4.24. The SMILES string of the molecule is O=c1c(Br)cn(Cc2ccc(CBr)cc2)c(=O)n1Cc1ccc(CBr)cc1. The molecule has 3 rings (SSSR count). The van der Waals surface area contributed by atoms with Gasteiger partial charge in [-0.05, 0) is 38.2 Å². The summed E-state index contributed by atoms with van der Waals surface area (Å²) in [7, 11) is 0. The fourth-order valence-corrected chi connectivity index (χ4v) is 3.93. The van der Waals surface area contributed by atoms with Gasteiger partial charge in [-0.25, -0.2) is 4.79 Å². The maximum atomic E-state index is 12.9. The van der Waals surface area contributed by atoms with Crippen LogP contribution in [0.15, 0.2) is 68.8 Å². The number of hydrogen-bond acceptors (Lipinski definition) is 2. The highest BCUT2D eigenvalue weighted by molar-refractivity contribution is 9.10. The molecule has 0 amide bonds. The zero-order chi connectivity index (χ0) is 19.4. The lowest BCUT2D eigenvalue weighted by Crippen LogP contribution is -2.40. The second-order valence-corrected chi connectivity index (χ2v) is 8.15. The van der Waals surface area contributed by atoms with Crippen molar-refractivity contribution in [2.45, 2.75) is 23.7 Å². The van der Waals surface area contributed by atoms with Crippen LogP contribution in [0.1, 0.15) is 22.3 Å². The minimum Gasteiger partial charge on any atom is -0.295 e. The molecule has 1 aromatic heterocycles. The molecular weight excluding hydrogens is 540 g/mol. The van der Waals surface area contributed by atoms with Gasteiger partial charge in [0.2, 0.25) is 0 Å². The van der Waals surface area contributed by atoms with Crippen molar-refractivity contribution in [2.75, 3.05) is 0 Å². The smallest absolute Gasteiger partial charge is 0.295 e. The number of hydrogen-bond donors (Lipinski definition) is 0. The van der Waals surface area contributed by atoms with E-state index in [0.717, 1.165) is 27.4 Å². The van der Waals surface area contributed by atoms with Crippen LogP contribution >= 0.6 is 47.8 Å². The van der Waals surface area contributed by atoms with Gasteiger partial charge in [0, 0.05) is 16.9 Å². The summed E-state index contributed by atoms with van der Waals surface area (Å²) in [4.78, 5) is 25.4. The fourth-order valence-electron chi connectivity index (χ4n) is 2.72. The quantitative estimate of drug-likeness (QED) is 0.415. The Balaban J connectivity index is 1.94. The third-order valence-corrected chi connectivity index (χ3v) is 6.08. The van der Waals surface area contributed by atoms with Crippen LogP contribution in [0.5, 0.6) is 0 Å². The van der Waals surface area contributed by atoms with Gasteiger partial charge < -0.3 is 0 Å². The number of aromatic nitrogens is 2. The molecule has 0 bridgehead atoms. The largest absolute Gasteiger partial charge is 0.331 e. The maximum Gasteiger partial charge on any atom is 0.331 e. The van der Waals surface area contributed by atoms with E-state index in [1.54, 1.807) is 10.8 Å². The molecule has 0 atom stereocenters. The Bertz CT molecular complexity index is 1040. The lowest BCUT2D eigenvalue weighted by molar-refractivity contribution is 0.607. The predicted molar refractivity (Wildman–Crippen MR) is 119 cm³/mol. The van der Waals surface area contributed by atoms with Crippen LogP contribution in [0.3, 0.4) is 0 Å². The van der Waals surface area contributed by atoms with Crippen LogP contribution in [0.4, 0.5) is 0 Å². The van der Waals surface area contributed by atoms with Crippen molar-refractivity contribution in [1.29, 1.82) is 0 Å². The average Bonchev–Trinajstić information content (AvgIpc) is 2.70. The van der Waals surface area contributed by atoms with Gasteiger partial charge in [-0.2, -0.15) is 0 Å². The zero-order valence-electron chi connectivity index (χ0n) is 14.4. The van der Waals surface area contributed by atoms with Crippen LogP contribution in [-0.2, 0) is 23.7 Å². The number of nitrogens with zero attached hydrogens (tertiary/aromatic N) is 2. The molecule has 4 nitrogen and oxygen atoms in total. The van der Waals surface area contributed by atoms with E-state index in [4.69, 9.17) is 0 Å². The summed E-state index contributed by atoms with van der Waals surface area (Å²) < 4.78 is 3.19. The zero-order valence-corrected chi connectivity index (χ0v) is 19.1. The minimum atomic E-state index is -0.324. The van der Waals surface area contributed by atoms with E-state index in [-0.39, 0.29) is 17.8 Å². The first kappa shape index (κ1) is 20.3. The number of halogens is 3. The highest BCUT2D eigenvalue weighted by Crippen LogP contribution is 2.11. The molecule has 0 saturated heterocycles. The van der Waals surface area contributed by atoms with Crippen molar-refractivity contribution in [1.82, 2.24) is 9.13 Å². The maximum absolute atomic E-state index is 12.9. The molecule has 3 aromatic rings. The first-order valence-corrected chi connectivity index (χ1v) is 11.3. The third kappa shape index (κ3) is 4.89. The first-order valence-electron chi connectivity index (χ1n) is 8.29. The summed E-state index contributed by atoms with van der Waals surface area (Å²) in [6, 6.07) is 15.9. The van der Waals surface area contributed by atoms with Crippen LogP contribution in [0.25, 0.3) is 0 Å². The Morgan fingerprint density at radius 2 is 1.15 bits per heavy atom. The Morgan fingerprint density at radius 3 is 1.63 bits per heavy atom. The predicted octanol–water partition coefficient (Wildman–Crippen LogP) is 4.66. The van der Waals surface area contributed by atoms with Gasteiger partial charge in [0.25, 0.3) is 5.56 Å². The standard InChI is InChI=1S/C20H17Br3N2O2/c21-9-14-1-5-16(6-2-14)11-24-13-18(23)19(26)25(20(24)27)12-17-7-3-15(10-22)4-8-17/h1-8,13H,9-12H2. The van der Waals surface area contributed by atoms with Gasteiger partial charge in [-0.15, -0.1) is 0 Å². The van der Waals surface area contributed by atoms with Crippen molar-refractivity contribution >= 4 is 47.8 Å². The lowest BCUT2D eigenvalue weighted by atomic mass is 10.1. The Hall–Kier alpha value is -1.44. The molecule has 0 radical (unpaired) electrons. The van der Waals surface area contributed by atoms with Gasteiger partial charge in [0.05, 0.1) is 17.6 Å². The summed E-state index contributed by atoms with van der Waals surface area (Å²) in [5, 5.41) is 1.56. The van der Waals surface area contributed by atoms with E-state index >= 15 is 0 Å². The van der Waals surface area contributed by atoms with Crippen LogP contribution in [0.2, 0.25) is 0 Å². The Kier molecular flexibility index (Phi) is 6.89. The van der Waals surface area contributed by atoms with Crippen molar-refractivity contribution in [2.24, 2.45) is 0 Å². The average molecular weight is 557 g/mol. The number of rotatable bonds is 6. The molecule has 2 aromatic carbocycles. The second kappa shape index (κ2) is 9.17.